The fourth-order valence-electron chi connectivity index (χ4n) is 7.67. The second kappa shape index (κ2) is 38.5. The Morgan fingerprint density at radius 1 is 0.313 bits per heavy atom. The molecule has 0 saturated heterocycles. The summed E-state index contributed by atoms with van der Waals surface area (Å²) in [6.07, 6.45) is 3.66. The average Bonchev–Trinajstić information content (AvgIpc) is 3.52. The molecule has 14 heteroatoms. The maximum absolute atomic E-state index is 11.0. The van der Waals surface area contributed by atoms with Crippen LogP contribution in [0.5, 0.6) is 34.5 Å². The summed E-state index contributed by atoms with van der Waals surface area (Å²) < 4.78 is 30.1. The maximum Gasteiger partial charge on any atom is 0.159 e. The number of ether oxygens (including phenoxy) is 6. The molecule has 7 aromatic carbocycles. The van der Waals surface area contributed by atoms with Crippen molar-refractivity contribution in [1.29, 1.82) is 0 Å². The summed E-state index contributed by atoms with van der Waals surface area (Å²) >= 11 is 0. The molecule has 7 aromatic rings. The monoisotopic (exact) mass is 1130 g/mol. The van der Waals surface area contributed by atoms with Gasteiger partial charge in [0.1, 0.15) is 46.1 Å². The Kier molecular flexibility index (Phi) is 32.4. The summed E-state index contributed by atoms with van der Waals surface area (Å²) in [7, 11) is 11.8. The summed E-state index contributed by atoms with van der Waals surface area (Å²) in [6, 6.07) is 51.7. The van der Waals surface area contributed by atoms with Crippen molar-refractivity contribution in [3.05, 3.63) is 198 Å². The van der Waals surface area contributed by atoms with Crippen LogP contribution in [0.3, 0.4) is 0 Å². The van der Waals surface area contributed by atoms with E-state index in [2.05, 4.69) is 5.32 Å². The zero-order valence-electron chi connectivity index (χ0n) is 50.5. The first-order chi connectivity index (χ1) is 39.6. The number of anilines is 1. The first-order valence-electron chi connectivity index (χ1n) is 26.8. The molecule has 0 aliphatic heterocycles. The lowest BCUT2D eigenvalue weighted by atomic mass is 9.79. The molecule has 1 aliphatic rings. The second-order valence-electron chi connectivity index (χ2n) is 18.8. The summed E-state index contributed by atoms with van der Waals surface area (Å²) in [5.41, 5.74) is 6.60. The third kappa shape index (κ3) is 26.8. The third-order valence-corrected chi connectivity index (χ3v) is 12.9. The van der Waals surface area contributed by atoms with Gasteiger partial charge >= 0.3 is 0 Å². The Bertz CT molecular complexity index is 2850. The van der Waals surface area contributed by atoms with Crippen LogP contribution in [0.1, 0.15) is 126 Å². The molecule has 14 nitrogen and oxygen atoms in total. The van der Waals surface area contributed by atoms with Crippen LogP contribution in [-0.4, -0.2) is 90.2 Å². The van der Waals surface area contributed by atoms with Gasteiger partial charge in [0.15, 0.2) is 28.9 Å². The molecular weight excluding hydrogens is 1050 g/mol. The number of carbonyl (C=O) groups excluding carboxylic acids is 7. The van der Waals surface area contributed by atoms with Gasteiger partial charge in [0.05, 0.1) is 42.7 Å². The smallest absolute Gasteiger partial charge is 0.159 e. The number of ketones is 7. The first-order valence-corrected chi connectivity index (χ1v) is 26.8. The van der Waals surface area contributed by atoms with Crippen LogP contribution >= 0.6 is 0 Å². The van der Waals surface area contributed by atoms with Crippen LogP contribution < -0.4 is 33.7 Å². The van der Waals surface area contributed by atoms with E-state index < -0.39 is 0 Å². The Labute approximate surface area is 490 Å². The lowest BCUT2D eigenvalue weighted by Crippen LogP contribution is -2.23. The summed E-state index contributed by atoms with van der Waals surface area (Å²) in [4.78, 5) is 76.3. The molecule has 0 amide bonds. The van der Waals surface area contributed by atoms with Crippen molar-refractivity contribution in [2.75, 3.05) is 55.0 Å². The Hall–Kier alpha value is -9.17. The van der Waals surface area contributed by atoms with Crippen LogP contribution in [0.25, 0.3) is 11.1 Å². The number of hydrogen-bond donors (Lipinski definition) is 1. The van der Waals surface area contributed by atoms with E-state index in [1.807, 2.05) is 104 Å². The zero-order chi connectivity index (χ0) is 61.9. The van der Waals surface area contributed by atoms with E-state index >= 15 is 0 Å². The summed E-state index contributed by atoms with van der Waals surface area (Å²) in [5, 5.41) is 3.02. The van der Waals surface area contributed by atoms with E-state index in [1.54, 1.807) is 136 Å². The lowest BCUT2D eigenvalue weighted by Gasteiger charge is -2.24. The van der Waals surface area contributed by atoms with Gasteiger partial charge < -0.3 is 33.7 Å². The topological polar surface area (TPSA) is 187 Å². The van der Waals surface area contributed by atoms with Crippen LogP contribution in [-0.2, 0) is 9.59 Å². The minimum absolute atomic E-state index is 0.0156. The predicted octanol–water partition coefficient (Wildman–Crippen LogP) is 14.9. The molecule has 1 fully saturated rings. The molecule has 0 spiro atoms. The standard InChI is InChI=1S/C14H14O2.C10H16O2.2C10H10O2.C9H10O2.C8H11NO.C8H10O2/c1-15-13-7-3-11(4-8-13)12-5-9-14(16-2)10-6-12;2*1-7(11)9-3-5-10(6-4-9)8(2)12;1-7(11)9-4-3-5-10(6-9)8(2)12;1-7(10)8-3-5-9(11-2)6-4-8;2*1-9-7-3-5-8(10-2)6-4-7/h3-10H,1-2H3;9-10H,3-6H2,1-2H3;2*3-6H,1-2H3;3-6H,1-2H3;3-6,9H,1-2H3;3-6H,1-2H3. The molecule has 440 valence electrons. The molecule has 1 saturated carbocycles. The maximum atomic E-state index is 11.0. The highest BCUT2D eigenvalue weighted by Gasteiger charge is 2.26. The van der Waals surface area contributed by atoms with Gasteiger partial charge in [-0.1, -0.05) is 66.7 Å². The second-order valence-corrected chi connectivity index (χ2v) is 18.8. The highest BCUT2D eigenvalue weighted by molar-refractivity contribution is 6.00. The van der Waals surface area contributed by atoms with Gasteiger partial charge in [0.2, 0.25) is 0 Å². The molecule has 83 heavy (non-hydrogen) atoms. The Morgan fingerprint density at radius 3 is 0.747 bits per heavy atom. The molecule has 0 heterocycles. The van der Waals surface area contributed by atoms with Gasteiger partial charge in [-0.25, -0.2) is 0 Å². The fourth-order valence-corrected chi connectivity index (χ4v) is 7.67. The van der Waals surface area contributed by atoms with Gasteiger partial charge in [-0.3, -0.25) is 33.6 Å². The molecule has 0 atom stereocenters. The molecule has 1 aliphatic carbocycles. The quantitative estimate of drug-likeness (QED) is 0.0955. The normalized spacial score (nSPS) is 12.4. The average molecular weight is 1130 g/mol. The highest BCUT2D eigenvalue weighted by atomic mass is 16.5. The van der Waals surface area contributed by atoms with E-state index in [1.165, 1.54) is 38.8 Å². The number of nitrogens with one attached hydrogen (secondary N) is 1. The SMILES string of the molecule is CC(=O)C1CCC(C(C)=O)CC1.CC(=O)c1ccc(C(C)=O)cc1.CC(=O)c1cccc(C(C)=O)c1.CNc1ccc(OC)cc1.COc1ccc(-c2ccc(OC)cc2)cc1.COc1ccc(C(C)=O)cc1.COc1ccc(OC)cc1. The first kappa shape index (κ1) is 69.9. The van der Waals surface area contributed by atoms with Crippen LogP contribution in [0.15, 0.2) is 170 Å². The number of methoxy groups -OCH3 is 6. The van der Waals surface area contributed by atoms with Crippen LogP contribution in [0, 0.1) is 11.8 Å². The van der Waals surface area contributed by atoms with Gasteiger partial charge in [0.25, 0.3) is 0 Å². The number of hydrogen-bond acceptors (Lipinski definition) is 14. The molecule has 0 unspecified atom stereocenters. The molecule has 0 bridgehead atoms. The molecule has 0 aromatic heterocycles. The third-order valence-electron chi connectivity index (χ3n) is 12.9. The van der Waals surface area contributed by atoms with E-state index in [4.69, 9.17) is 28.4 Å². The van der Waals surface area contributed by atoms with E-state index in [9.17, 15) is 33.6 Å². The van der Waals surface area contributed by atoms with Gasteiger partial charge in [0, 0.05) is 52.4 Å². The van der Waals surface area contributed by atoms with Crippen molar-refractivity contribution >= 4 is 46.2 Å². The number of rotatable bonds is 15. The number of benzene rings is 7. The minimum atomic E-state index is -0.0156. The van der Waals surface area contributed by atoms with Gasteiger partial charge in [-0.15, -0.1) is 0 Å². The summed E-state index contributed by atoms with van der Waals surface area (Å²) in [5.74, 6) is 6.24. The molecule has 8 rings (SSSR count). The molecule has 1 N–H and O–H groups in total. The number of Topliss-reactive ketones (excluding diaryl/α,β-unsaturated/α-hetero) is 7. The van der Waals surface area contributed by atoms with Gasteiger partial charge in [-0.2, -0.15) is 0 Å². The Morgan fingerprint density at radius 2 is 0.530 bits per heavy atom. The molecule has 0 radical (unpaired) electrons. The Balaban J connectivity index is 0.000000333. The van der Waals surface area contributed by atoms with Crippen molar-refractivity contribution in [3.8, 4) is 45.6 Å². The van der Waals surface area contributed by atoms with E-state index in [0.29, 0.717) is 27.8 Å². The largest absolute Gasteiger partial charge is 0.497 e. The molecular formula is C69H81NO13. The zero-order valence-corrected chi connectivity index (χ0v) is 50.5. The van der Waals surface area contributed by atoms with Crippen molar-refractivity contribution in [2.45, 2.75) is 74.1 Å². The van der Waals surface area contributed by atoms with E-state index in [-0.39, 0.29) is 52.3 Å². The fraction of sp³-hybridized carbons (Fsp3) is 0.290. The van der Waals surface area contributed by atoms with Crippen LogP contribution in [0.2, 0.25) is 0 Å². The van der Waals surface area contributed by atoms with Crippen LogP contribution in [0.4, 0.5) is 5.69 Å². The van der Waals surface area contributed by atoms with Crippen molar-refractivity contribution in [1.82, 2.24) is 0 Å². The van der Waals surface area contributed by atoms with Crippen molar-refractivity contribution in [2.24, 2.45) is 11.8 Å². The lowest BCUT2D eigenvalue weighted by molar-refractivity contribution is -0.126. The van der Waals surface area contributed by atoms with E-state index in [0.717, 1.165) is 65.9 Å². The summed E-state index contributed by atoms with van der Waals surface area (Å²) in [6.45, 7) is 10.8. The number of carbonyl (C=O) groups is 7. The minimum Gasteiger partial charge on any atom is -0.497 e. The predicted molar refractivity (Wildman–Crippen MR) is 330 cm³/mol. The van der Waals surface area contributed by atoms with Gasteiger partial charge in [-0.05, 0) is 188 Å². The van der Waals surface area contributed by atoms with Crippen molar-refractivity contribution in [3.63, 3.8) is 0 Å². The van der Waals surface area contributed by atoms with Crippen molar-refractivity contribution < 1.29 is 62.0 Å². The highest BCUT2D eigenvalue weighted by Crippen LogP contribution is 2.30.